The highest BCUT2D eigenvalue weighted by atomic mass is 16.3. The van der Waals surface area contributed by atoms with Crippen LogP contribution >= 0.6 is 0 Å². The van der Waals surface area contributed by atoms with Crippen molar-refractivity contribution < 1.29 is 14.0 Å². The molecule has 5 heteroatoms. The van der Waals surface area contributed by atoms with Crippen molar-refractivity contribution in [3.8, 4) is 0 Å². The van der Waals surface area contributed by atoms with Crippen LogP contribution in [-0.4, -0.2) is 11.8 Å². The maximum absolute atomic E-state index is 12.8. The van der Waals surface area contributed by atoms with Crippen LogP contribution in [0, 0.1) is 26.2 Å². The zero-order chi connectivity index (χ0) is 20.6. The molecule has 28 heavy (non-hydrogen) atoms. The number of nitrogens with one attached hydrogen (secondary N) is 2. The minimum atomic E-state index is -0.500. The summed E-state index contributed by atoms with van der Waals surface area (Å²) in [5.74, 6) is -0.0987. The van der Waals surface area contributed by atoms with Crippen LogP contribution in [0.4, 0.5) is 11.4 Å². The van der Waals surface area contributed by atoms with Gasteiger partial charge in [-0.2, -0.15) is 0 Å². The van der Waals surface area contributed by atoms with E-state index in [1.54, 1.807) is 24.3 Å². The smallest absolute Gasteiger partial charge is 0.291 e. The van der Waals surface area contributed by atoms with Gasteiger partial charge in [0.15, 0.2) is 5.76 Å². The van der Waals surface area contributed by atoms with Gasteiger partial charge >= 0.3 is 0 Å². The number of hydrogen-bond donors (Lipinski definition) is 2. The van der Waals surface area contributed by atoms with Crippen molar-refractivity contribution in [2.45, 2.75) is 41.5 Å². The highest BCUT2D eigenvalue weighted by Crippen LogP contribution is 2.31. The van der Waals surface area contributed by atoms with Gasteiger partial charge in [-0.1, -0.05) is 39.0 Å². The number of benzene rings is 2. The third kappa shape index (κ3) is 3.79. The van der Waals surface area contributed by atoms with Crippen LogP contribution in [0.3, 0.4) is 0 Å². The Hall–Kier alpha value is -3.08. The predicted octanol–water partition coefficient (Wildman–Crippen LogP) is 5.59. The maximum atomic E-state index is 12.8. The van der Waals surface area contributed by atoms with Crippen molar-refractivity contribution in [3.05, 3.63) is 58.8 Å². The van der Waals surface area contributed by atoms with Crippen LogP contribution in [0.5, 0.6) is 0 Å². The number of fused-ring (bicyclic) bond motifs is 1. The highest BCUT2D eigenvalue weighted by Gasteiger charge is 2.22. The van der Waals surface area contributed by atoms with E-state index in [-0.39, 0.29) is 11.8 Å². The molecule has 1 heterocycles. The SMILES string of the molecule is Cc1ccc(C)c2c(C)c(C(=O)Nc3cccc(NC(=O)C(C)(C)C)c3)oc12. The lowest BCUT2D eigenvalue weighted by atomic mass is 9.95. The van der Waals surface area contributed by atoms with Gasteiger partial charge in [-0.05, 0) is 50.1 Å². The molecule has 0 saturated carbocycles. The Morgan fingerprint density at radius 2 is 1.50 bits per heavy atom. The first-order chi connectivity index (χ1) is 13.1. The van der Waals surface area contributed by atoms with Gasteiger partial charge in [-0.3, -0.25) is 9.59 Å². The molecule has 1 aromatic heterocycles. The number of hydrogen-bond acceptors (Lipinski definition) is 3. The molecule has 2 amide bonds. The normalized spacial score (nSPS) is 11.5. The van der Waals surface area contributed by atoms with Crippen molar-refractivity contribution in [1.29, 1.82) is 0 Å². The molecule has 3 aromatic rings. The number of carbonyl (C=O) groups is 2. The van der Waals surface area contributed by atoms with Gasteiger partial charge in [0.2, 0.25) is 5.91 Å². The molecule has 2 N–H and O–H groups in total. The molecule has 146 valence electrons. The first-order valence-corrected chi connectivity index (χ1v) is 9.30. The van der Waals surface area contributed by atoms with E-state index in [0.717, 1.165) is 27.7 Å². The Labute approximate surface area is 165 Å². The van der Waals surface area contributed by atoms with E-state index < -0.39 is 5.41 Å². The summed E-state index contributed by atoms with van der Waals surface area (Å²) in [6.07, 6.45) is 0. The zero-order valence-corrected chi connectivity index (χ0v) is 17.2. The molecule has 0 aliphatic heterocycles. The first kappa shape index (κ1) is 19.7. The molecular weight excluding hydrogens is 352 g/mol. The molecular formula is C23H26N2O3. The van der Waals surface area contributed by atoms with Crippen molar-refractivity contribution in [3.63, 3.8) is 0 Å². The second-order valence-electron chi connectivity index (χ2n) is 8.20. The summed E-state index contributed by atoms with van der Waals surface area (Å²) in [5.41, 5.74) is 4.36. The van der Waals surface area contributed by atoms with Crippen LogP contribution in [0.25, 0.3) is 11.0 Å². The average molecular weight is 378 g/mol. The average Bonchev–Trinajstić information content (AvgIpc) is 2.96. The third-order valence-electron chi connectivity index (χ3n) is 4.75. The van der Waals surface area contributed by atoms with Crippen molar-refractivity contribution in [2.75, 3.05) is 10.6 Å². The lowest BCUT2D eigenvalue weighted by Gasteiger charge is -2.18. The van der Waals surface area contributed by atoms with Gasteiger partial charge in [-0.25, -0.2) is 0 Å². The molecule has 0 unspecified atom stereocenters. The maximum Gasteiger partial charge on any atom is 0.291 e. The standard InChI is InChI=1S/C23H26N2O3/c1-13-10-11-14(2)19-18(13)15(3)20(28-19)21(26)24-16-8-7-9-17(12-16)25-22(27)23(4,5)6/h7-12H,1-6H3,(H,24,26)(H,25,27). The Morgan fingerprint density at radius 3 is 2.11 bits per heavy atom. The van der Waals surface area contributed by atoms with Gasteiger partial charge in [0.25, 0.3) is 5.91 Å². The number of carbonyl (C=O) groups excluding carboxylic acids is 2. The van der Waals surface area contributed by atoms with Gasteiger partial charge in [0, 0.05) is 27.7 Å². The number of furan rings is 1. The summed E-state index contributed by atoms with van der Waals surface area (Å²) in [5, 5.41) is 6.72. The quantitative estimate of drug-likeness (QED) is 0.623. The van der Waals surface area contributed by atoms with Crippen molar-refractivity contribution >= 4 is 34.2 Å². The summed E-state index contributed by atoms with van der Waals surface area (Å²) in [6.45, 7) is 11.4. The minimum absolute atomic E-state index is 0.0879. The number of amides is 2. The van der Waals surface area contributed by atoms with E-state index >= 15 is 0 Å². The van der Waals surface area contributed by atoms with E-state index in [9.17, 15) is 9.59 Å². The Kier molecular flexibility index (Phi) is 5.02. The molecule has 0 aliphatic carbocycles. The third-order valence-corrected chi connectivity index (χ3v) is 4.75. The van der Waals surface area contributed by atoms with Crippen LogP contribution in [0.15, 0.2) is 40.8 Å². The fraction of sp³-hybridized carbons (Fsp3) is 0.304. The summed E-state index contributed by atoms with van der Waals surface area (Å²) in [6, 6.07) is 11.1. The number of rotatable bonds is 3. The first-order valence-electron chi connectivity index (χ1n) is 9.30. The molecule has 0 spiro atoms. The number of aryl methyl sites for hydroxylation is 3. The van der Waals surface area contributed by atoms with E-state index in [0.29, 0.717) is 17.1 Å². The summed E-state index contributed by atoms with van der Waals surface area (Å²) in [7, 11) is 0. The van der Waals surface area contributed by atoms with Crippen LogP contribution < -0.4 is 10.6 Å². The van der Waals surface area contributed by atoms with Crippen molar-refractivity contribution in [2.24, 2.45) is 5.41 Å². The van der Waals surface area contributed by atoms with Gasteiger partial charge in [0.05, 0.1) is 0 Å². The molecule has 0 atom stereocenters. The predicted molar refractivity (Wildman–Crippen MR) is 113 cm³/mol. The summed E-state index contributed by atoms with van der Waals surface area (Å²) < 4.78 is 5.90. The fourth-order valence-corrected chi connectivity index (χ4v) is 3.07. The second kappa shape index (κ2) is 7.15. The van der Waals surface area contributed by atoms with E-state index in [4.69, 9.17) is 4.42 Å². The fourth-order valence-electron chi connectivity index (χ4n) is 3.07. The Balaban J connectivity index is 1.86. The largest absolute Gasteiger partial charge is 0.450 e. The van der Waals surface area contributed by atoms with Crippen molar-refractivity contribution in [1.82, 2.24) is 0 Å². The lowest BCUT2D eigenvalue weighted by molar-refractivity contribution is -0.123. The molecule has 3 rings (SSSR count). The number of anilines is 2. The van der Waals surface area contributed by atoms with E-state index in [2.05, 4.69) is 10.6 Å². The van der Waals surface area contributed by atoms with Crippen LogP contribution in [-0.2, 0) is 4.79 Å². The van der Waals surface area contributed by atoms with Crippen LogP contribution in [0.1, 0.15) is 48.0 Å². The Morgan fingerprint density at radius 1 is 0.893 bits per heavy atom. The molecule has 0 radical (unpaired) electrons. The molecule has 0 saturated heterocycles. The monoisotopic (exact) mass is 378 g/mol. The molecule has 5 nitrogen and oxygen atoms in total. The highest BCUT2D eigenvalue weighted by molar-refractivity contribution is 6.07. The topological polar surface area (TPSA) is 71.3 Å². The summed E-state index contributed by atoms with van der Waals surface area (Å²) in [4.78, 5) is 25.0. The molecule has 0 aliphatic rings. The molecule has 2 aromatic carbocycles. The molecule has 0 bridgehead atoms. The van der Waals surface area contributed by atoms with E-state index in [1.807, 2.05) is 53.7 Å². The van der Waals surface area contributed by atoms with Crippen LogP contribution in [0.2, 0.25) is 0 Å². The lowest BCUT2D eigenvalue weighted by Crippen LogP contribution is -2.27. The second-order valence-corrected chi connectivity index (χ2v) is 8.20. The van der Waals surface area contributed by atoms with E-state index in [1.165, 1.54) is 0 Å². The summed E-state index contributed by atoms with van der Waals surface area (Å²) >= 11 is 0. The van der Waals surface area contributed by atoms with Gasteiger partial charge < -0.3 is 15.1 Å². The van der Waals surface area contributed by atoms with Gasteiger partial charge in [0.1, 0.15) is 5.58 Å². The Bertz CT molecular complexity index is 1070. The molecule has 0 fully saturated rings. The zero-order valence-electron chi connectivity index (χ0n) is 17.2. The minimum Gasteiger partial charge on any atom is -0.450 e. The van der Waals surface area contributed by atoms with Gasteiger partial charge in [-0.15, -0.1) is 0 Å².